The van der Waals surface area contributed by atoms with E-state index < -0.39 is 6.10 Å². The predicted octanol–water partition coefficient (Wildman–Crippen LogP) is 4.96. The maximum atomic E-state index is 12.7. The van der Waals surface area contributed by atoms with Crippen molar-refractivity contribution < 1.29 is 14.3 Å². The summed E-state index contributed by atoms with van der Waals surface area (Å²) in [6.45, 7) is 10.7. The van der Waals surface area contributed by atoms with Gasteiger partial charge in [-0.15, -0.1) is 0 Å². The lowest BCUT2D eigenvalue weighted by molar-refractivity contribution is -0.122. The Labute approximate surface area is 173 Å². The molecule has 0 aromatic heterocycles. The molecule has 1 fully saturated rings. The van der Waals surface area contributed by atoms with Crippen molar-refractivity contribution in [3.05, 3.63) is 53.1 Å². The Bertz CT molecular complexity index is 920. The fraction of sp³-hybridized carbons (Fsp3) is 0.417. The van der Waals surface area contributed by atoms with Crippen LogP contribution in [0.5, 0.6) is 5.75 Å². The van der Waals surface area contributed by atoms with E-state index in [4.69, 9.17) is 4.74 Å². The van der Waals surface area contributed by atoms with Gasteiger partial charge in [0, 0.05) is 24.3 Å². The van der Waals surface area contributed by atoms with Gasteiger partial charge < -0.3 is 15.0 Å². The summed E-state index contributed by atoms with van der Waals surface area (Å²) in [5, 5.41) is 2.93. The third-order valence-electron chi connectivity index (χ3n) is 5.30. The van der Waals surface area contributed by atoms with E-state index in [0.29, 0.717) is 18.0 Å². The topological polar surface area (TPSA) is 58.6 Å². The molecule has 1 aliphatic heterocycles. The number of aryl methyl sites for hydroxylation is 2. The van der Waals surface area contributed by atoms with Gasteiger partial charge in [0.25, 0.3) is 5.91 Å². The molecule has 2 amide bonds. The van der Waals surface area contributed by atoms with Gasteiger partial charge in [-0.1, -0.05) is 32.0 Å². The van der Waals surface area contributed by atoms with Crippen LogP contribution in [0.25, 0.3) is 0 Å². The third kappa shape index (κ3) is 4.78. The minimum absolute atomic E-state index is 0.133. The van der Waals surface area contributed by atoms with Crippen molar-refractivity contribution in [3.63, 3.8) is 0 Å². The van der Waals surface area contributed by atoms with Crippen LogP contribution in [0.3, 0.4) is 0 Å². The van der Waals surface area contributed by atoms with Crippen LogP contribution in [-0.4, -0.2) is 24.5 Å². The zero-order chi connectivity index (χ0) is 21.1. The summed E-state index contributed by atoms with van der Waals surface area (Å²) in [4.78, 5) is 26.7. The lowest BCUT2D eigenvalue weighted by Crippen LogP contribution is -2.31. The van der Waals surface area contributed by atoms with Crippen LogP contribution in [0.4, 0.5) is 11.4 Å². The number of amides is 2. The Morgan fingerprint density at radius 2 is 1.86 bits per heavy atom. The highest BCUT2D eigenvalue weighted by Gasteiger charge is 2.24. The second-order valence-electron chi connectivity index (χ2n) is 8.10. The van der Waals surface area contributed by atoms with Gasteiger partial charge in [0.2, 0.25) is 5.91 Å². The summed E-state index contributed by atoms with van der Waals surface area (Å²) in [5.74, 6) is 0.964. The summed E-state index contributed by atoms with van der Waals surface area (Å²) >= 11 is 0. The molecule has 2 aromatic carbocycles. The number of hydrogen-bond donors (Lipinski definition) is 1. The molecule has 0 radical (unpaired) electrons. The molecule has 5 nitrogen and oxygen atoms in total. The monoisotopic (exact) mass is 394 g/mol. The van der Waals surface area contributed by atoms with E-state index in [1.165, 1.54) is 0 Å². The van der Waals surface area contributed by atoms with Gasteiger partial charge in [0.1, 0.15) is 5.75 Å². The molecule has 0 bridgehead atoms. The van der Waals surface area contributed by atoms with E-state index in [0.717, 1.165) is 41.1 Å². The average molecular weight is 395 g/mol. The van der Waals surface area contributed by atoms with Crippen LogP contribution in [0.15, 0.2) is 36.4 Å². The molecule has 3 rings (SSSR count). The summed E-state index contributed by atoms with van der Waals surface area (Å²) in [5.41, 5.74) is 4.72. The molecule has 1 atom stereocenters. The Hall–Kier alpha value is -2.82. The second-order valence-corrected chi connectivity index (χ2v) is 8.10. The van der Waals surface area contributed by atoms with Crippen molar-refractivity contribution >= 4 is 23.2 Å². The van der Waals surface area contributed by atoms with Gasteiger partial charge in [-0.25, -0.2) is 0 Å². The molecule has 29 heavy (non-hydrogen) atoms. The van der Waals surface area contributed by atoms with Crippen LogP contribution in [0, 0.1) is 13.8 Å². The first-order chi connectivity index (χ1) is 13.8. The summed E-state index contributed by atoms with van der Waals surface area (Å²) < 4.78 is 6.02. The van der Waals surface area contributed by atoms with E-state index in [9.17, 15) is 9.59 Å². The van der Waals surface area contributed by atoms with Crippen LogP contribution in [0.1, 0.15) is 56.2 Å². The third-order valence-corrected chi connectivity index (χ3v) is 5.30. The van der Waals surface area contributed by atoms with E-state index >= 15 is 0 Å². The van der Waals surface area contributed by atoms with Crippen molar-refractivity contribution in [3.8, 4) is 5.75 Å². The molecule has 5 heteroatoms. The first-order valence-electron chi connectivity index (χ1n) is 10.3. The fourth-order valence-electron chi connectivity index (χ4n) is 3.59. The molecule has 1 N–H and O–H groups in total. The molecule has 1 heterocycles. The number of carbonyl (C=O) groups is 2. The number of carbonyl (C=O) groups excluding carboxylic acids is 2. The number of ether oxygens (including phenoxy) is 1. The SMILES string of the molecule is Cc1ccc(C(C)C)c(O[C@H](C)C(=O)Nc2ccc(C)c(N3CCCC3=O)c2)c1. The van der Waals surface area contributed by atoms with Crippen LogP contribution < -0.4 is 15.0 Å². The molecular weight excluding hydrogens is 364 g/mol. The van der Waals surface area contributed by atoms with Crippen molar-refractivity contribution in [2.24, 2.45) is 0 Å². The fourth-order valence-corrected chi connectivity index (χ4v) is 3.59. The Morgan fingerprint density at radius 1 is 1.10 bits per heavy atom. The molecule has 0 aliphatic carbocycles. The summed E-state index contributed by atoms with van der Waals surface area (Å²) in [6, 6.07) is 11.7. The zero-order valence-corrected chi connectivity index (χ0v) is 17.9. The number of nitrogens with zero attached hydrogens (tertiary/aromatic N) is 1. The summed E-state index contributed by atoms with van der Waals surface area (Å²) in [7, 11) is 0. The van der Waals surface area contributed by atoms with Gasteiger partial charge in [0.15, 0.2) is 6.10 Å². The van der Waals surface area contributed by atoms with Gasteiger partial charge in [-0.05, 0) is 68.0 Å². The van der Waals surface area contributed by atoms with Crippen molar-refractivity contribution in [2.75, 3.05) is 16.8 Å². The molecule has 2 aromatic rings. The lowest BCUT2D eigenvalue weighted by atomic mass is 10.0. The van der Waals surface area contributed by atoms with Crippen LogP contribution in [-0.2, 0) is 9.59 Å². The first kappa shape index (κ1) is 20.9. The van der Waals surface area contributed by atoms with Crippen LogP contribution in [0.2, 0.25) is 0 Å². The number of anilines is 2. The van der Waals surface area contributed by atoms with Gasteiger partial charge in [-0.2, -0.15) is 0 Å². The Balaban J connectivity index is 1.74. The van der Waals surface area contributed by atoms with Gasteiger partial charge in [-0.3, -0.25) is 9.59 Å². The van der Waals surface area contributed by atoms with Crippen LogP contribution >= 0.6 is 0 Å². The standard InChI is InChI=1S/C24H30N2O3/c1-15(2)20-11-8-16(3)13-22(20)29-18(5)24(28)25-19-10-9-17(4)21(14-19)26-12-6-7-23(26)27/h8-11,13-15,18H,6-7,12H2,1-5H3,(H,25,28)/t18-/m1/s1. The highest BCUT2D eigenvalue weighted by molar-refractivity contribution is 5.98. The van der Waals surface area contributed by atoms with Crippen molar-refractivity contribution in [2.45, 2.75) is 59.5 Å². The molecule has 0 unspecified atom stereocenters. The smallest absolute Gasteiger partial charge is 0.265 e. The number of nitrogens with one attached hydrogen (secondary N) is 1. The molecular formula is C24H30N2O3. The first-order valence-corrected chi connectivity index (χ1v) is 10.3. The largest absolute Gasteiger partial charge is 0.481 e. The highest BCUT2D eigenvalue weighted by atomic mass is 16.5. The summed E-state index contributed by atoms with van der Waals surface area (Å²) in [6.07, 6.45) is 0.803. The number of hydrogen-bond acceptors (Lipinski definition) is 3. The Kier molecular flexibility index (Phi) is 6.26. The molecule has 1 aliphatic rings. The molecule has 0 saturated carbocycles. The van der Waals surface area contributed by atoms with E-state index in [2.05, 4.69) is 31.3 Å². The molecule has 154 valence electrons. The average Bonchev–Trinajstić information content (AvgIpc) is 3.08. The normalized spacial score (nSPS) is 15.0. The molecule has 1 saturated heterocycles. The predicted molar refractivity (Wildman–Crippen MR) is 117 cm³/mol. The van der Waals surface area contributed by atoms with Gasteiger partial charge >= 0.3 is 0 Å². The van der Waals surface area contributed by atoms with E-state index in [-0.39, 0.29) is 11.8 Å². The second kappa shape index (κ2) is 8.68. The van der Waals surface area contributed by atoms with Crippen molar-refractivity contribution in [1.29, 1.82) is 0 Å². The molecule has 0 spiro atoms. The van der Waals surface area contributed by atoms with E-state index in [1.807, 2.05) is 38.1 Å². The minimum atomic E-state index is -0.646. The maximum absolute atomic E-state index is 12.7. The quantitative estimate of drug-likeness (QED) is 0.753. The van der Waals surface area contributed by atoms with Crippen molar-refractivity contribution in [1.82, 2.24) is 0 Å². The number of benzene rings is 2. The Morgan fingerprint density at radius 3 is 2.52 bits per heavy atom. The zero-order valence-electron chi connectivity index (χ0n) is 17.9. The lowest BCUT2D eigenvalue weighted by Gasteiger charge is -2.21. The maximum Gasteiger partial charge on any atom is 0.265 e. The highest BCUT2D eigenvalue weighted by Crippen LogP contribution is 2.30. The minimum Gasteiger partial charge on any atom is -0.481 e. The van der Waals surface area contributed by atoms with Gasteiger partial charge in [0.05, 0.1) is 0 Å². The van der Waals surface area contributed by atoms with E-state index in [1.54, 1.807) is 11.8 Å². The number of rotatable bonds is 6.